The first kappa shape index (κ1) is 19.7. The number of nitrogens with zero attached hydrogens (tertiary/aromatic N) is 4. The molecule has 0 spiro atoms. The molecule has 8 heteroatoms. The molecule has 1 amide bonds. The third-order valence-corrected chi connectivity index (χ3v) is 6.21. The molecule has 0 aliphatic carbocycles. The van der Waals surface area contributed by atoms with E-state index in [1.807, 2.05) is 48.0 Å². The molecule has 2 aromatic carbocycles. The van der Waals surface area contributed by atoms with Crippen molar-refractivity contribution < 1.29 is 4.79 Å². The maximum absolute atomic E-state index is 12.3. The fraction of sp³-hybridized carbons (Fsp3) is 0.190. The summed E-state index contributed by atoms with van der Waals surface area (Å²) in [5.74, 6) is 0.979. The quantitative estimate of drug-likeness (QED) is 0.405. The van der Waals surface area contributed by atoms with Crippen LogP contribution < -0.4 is 5.32 Å². The maximum atomic E-state index is 12.3. The predicted octanol–water partition coefficient (Wildman–Crippen LogP) is 4.95. The van der Waals surface area contributed by atoms with Crippen LogP contribution in [0.4, 0.5) is 5.69 Å². The van der Waals surface area contributed by atoms with Crippen molar-refractivity contribution in [3.63, 3.8) is 0 Å². The highest BCUT2D eigenvalue weighted by atomic mass is 79.9. The molecule has 0 fully saturated rings. The van der Waals surface area contributed by atoms with E-state index in [4.69, 9.17) is 0 Å². The molecule has 2 heterocycles. The van der Waals surface area contributed by atoms with Gasteiger partial charge in [0.15, 0.2) is 11.0 Å². The highest BCUT2D eigenvalue weighted by Gasteiger charge is 2.17. The van der Waals surface area contributed by atoms with Gasteiger partial charge in [0.2, 0.25) is 5.91 Å². The number of aryl methyl sites for hydroxylation is 1. The van der Waals surface area contributed by atoms with E-state index in [0.717, 1.165) is 33.5 Å². The van der Waals surface area contributed by atoms with Crippen LogP contribution in [0.5, 0.6) is 0 Å². The van der Waals surface area contributed by atoms with Crippen molar-refractivity contribution in [3.8, 4) is 11.4 Å². The molecule has 0 bridgehead atoms. The highest BCUT2D eigenvalue weighted by molar-refractivity contribution is 9.10. The minimum Gasteiger partial charge on any atom is -0.347 e. The maximum Gasteiger partial charge on any atom is 0.234 e. The average Bonchev–Trinajstić information content (AvgIpc) is 3.28. The van der Waals surface area contributed by atoms with Gasteiger partial charge in [-0.15, -0.1) is 10.2 Å². The van der Waals surface area contributed by atoms with Crippen molar-refractivity contribution in [2.45, 2.75) is 18.6 Å². The zero-order valence-electron chi connectivity index (χ0n) is 16.1. The Morgan fingerprint density at radius 3 is 2.66 bits per heavy atom. The van der Waals surface area contributed by atoms with Gasteiger partial charge in [-0.2, -0.15) is 0 Å². The number of fused-ring (bicyclic) bond motifs is 1. The minimum atomic E-state index is -0.0792. The molecule has 0 aliphatic heterocycles. The van der Waals surface area contributed by atoms with Gasteiger partial charge < -0.3 is 14.5 Å². The average molecular weight is 470 g/mol. The summed E-state index contributed by atoms with van der Waals surface area (Å²) < 4.78 is 5.12. The Hall–Kier alpha value is -2.58. The van der Waals surface area contributed by atoms with E-state index in [0.29, 0.717) is 5.16 Å². The van der Waals surface area contributed by atoms with E-state index >= 15 is 0 Å². The number of amides is 1. The molecule has 4 aromatic rings. The normalized spacial score (nSPS) is 11.1. The van der Waals surface area contributed by atoms with E-state index in [1.165, 1.54) is 17.3 Å². The fourth-order valence-corrected chi connectivity index (χ4v) is 4.20. The SMILES string of the molecule is CCn1cc(-c2nnc(SCC(=O)Nc3ccc(Br)cc3)n2C)c2ccccc21. The zero-order chi connectivity index (χ0) is 20.4. The number of para-hydroxylation sites is 1. The number of benzene rings is 2. The molecule has 29 heavy (non-hydrogen) atoms. The second-order valence-electron chi connectivity index (χ2n) is 6.55. The molecule has 0 unspecified atom stereocenters. The van der Waals surface area contributed by atoms with Crippen LogP contribution in [0.15, 0.2) is 64.4 Å². The number of hydrogen-bond donors (Lipinski definition) is 1. The number of hydrogen-bond acceptors (Lipinski definition) is 4. The first-order valence-electron chi connectivity index (χ1n) is 9.22. The summed E-state index contributed by atoms with van der Waals surface area (Å²) in [6.07, 6.45) is 2.11. The van der Waals surface area contributed by atoms with Gasteiger partial charge in [0.25, 0.3) is 0 Å². The van der Waals surface area contributed by atoms with E-state index in [-0.39, 0.29) is 11.7 Å². The van der Waals surface area contributed by atoms with Crippen LogP contribution in [0.25, 0.3) is 22.3 Å². The number of carbonyl (C=O) groups excluding carboxylic acids is 1. The number of thioether (sulfide) groups is 1. The Balaban J connectivity index is 1.51. The number of aromatic nitrogens is 4. The van der Waals surface area contributed by atoms with E-state index < -0.39 is 0 Å². The summed E-state index contributed by atoms with van der Waals surface area (Å²) in [5.41, 5.74) is 2.99. The van der Waals surface area contributed by atoms with Crippen molar-refractivity contribution in [2.75, 3.05) is 11.1 Å². The molecule has 0 saturated carbocycles. The van der Waals surface area contributed by atoms with Crippen LogP contribution in [-0.4, -0.2) is 31.0 Å². The number of halogens is 1. The fourth-order valence-electron chi connectivity index (χ4n) is 3.22. The zero-order valence-corrected chi connectivity index (χ0v) is 18.5. The molecule has 6 nitrogen and oxygen atoms in total. The summed E-state index contributed by atoms with van der Waals surface area (Å²) in [4.78, 5) is 12.3. The van der Waals surface area contributed by atoms with Crippen molar-refractivity contribution in [3.05, 3.63) is 59.2 Å². The van der Waals surface area contributed by atoms with Crippen molar-refractivity contribution in [2.24, 2.45) is 7.05 Å². The van der Waals surface area contributed by atoms with Crippen LogP contribution in [0.1, 0.15) is 6.92 Å². The summed E-state index contributed by atoms with van der Waals surface area (Å²) >= 11 is 4.76. The topological polar surface area (TPSA) is 64.7 Å². The molecule has 0 saturated heterocycles. The molecule has 2 aromatic heterocycles. The molecule has 148 valence electrons. The van der Waals surface area contributed by atoms with Gasteiger partial charge in [-0.3, -0.25) is 4.79 Å². The van der Waals surface area contributed by atoms with Crippen molar-refractivity contribution >= 4 is 50.2 Å². The predicted molar refractivity (Wildman–Crippen MR) is 121 cm³/mol. The number of nitrogens with one attached hydrogen (secondary N) is 1. The summed E-state index contributed by atoms with van der Waals surface area (Å²) in [5, 5.41) is 13.4. The number of anilines is 1. The van der Waals surface area contributed by atoms with E-state index in [1.54, 1.807) is 0 Å². The third kappa shape index (κ3) is 4.09. The van der Waals surface area contributed by atoms with Gasteiger partial charge in [0, 0.05) is 46.4 Å². The second kappa shape index (κ2) is 8.42. The molecular formula is C21H20BrN5OS. The Labute approximate surface area is 181 Å². The Morgan fingerprint density at radius 1 is 1.14 bits per heavy atom. The first-order valence-corrected chi connectivity index (χ1v) is 11.0. The largest absolute Gasteiger partial charge is 0.347 e. The molecule has 0 atom stereocenters. The summed E-state index contributed by atoms with van der Waals surface area (Å²) in [6.45, 7) is 3.01. The summed E-state index contributed by atoms with van der Waals surface area (Å²) in [7, 11) is 1.93. The molecule has 4 rings (SSSR count). The first-order chi connectivity index (χ1) is 14.1. The van der Waals surface area contributed by atoms with Gasteiger partial charge >= 0.3 is 0 Å². The van der Waals surface area contributed by atoms with Crippen molar-refractivity contribution in [1.82, 2.24) is 19.3 Å². The standard InChI is InChI=1S/C21H20BrN5OS/c1-3-27-12-17(16-6-4-5-7-18(16)27)20-24-25-21(26(20)2)29-13-19(28)23-15-10-8-14(22)9-11-15/h4-12H,3,13H2,1-2H3,(H,23,28). The van der Waals surface area contributed by atoms with Gasteiger partial charge in [0.05, 0.1) is 5.75 Å². The molecular weight excluding hydrogens is 450 g/mol. The van der Waals surface area contributed by atoms with Gasteiger partial charge in [-0.1, -0.05) is 45.9 Å². The lowest BCUT2D eigenvalue weighted by atomic mass is 10.1. The minimum absolute atomic E-state index is 0.0792. The second-order valence-corrected chi connectivity index (χ2v) is 8.41. The Bertz CT molecular complexity index is 1170. The Kier molecular flexibility index (Phi) is 5.73. The molecule has 0 radical (unpaired) electrons. The molecule has 0 aliphatic rings. The monoisotopic (exact) mass is 469 g/mol. The van der Waals surface area contributed by atoms with Crippen LogP contribution in [0.3, 0.4) is 0 Å². The molecule has 1 N–H and O–H groups in total. The van der Waals surface area contributed by atoms with Gasteiger partial charge in [0.1, 0.15) is 0 Å². The highest BCUT2D eigenvalue weighted by Crippen LogP contribution is 2.31. The van der Waals surface area contributed by atoms with Crippen LogP contribution >= 0.6 is 27.7 Å². The van der Waals surface area contributed by atoms with E-state index in [9.17, 15) is 4.79 Å². The number of carbonyl (C=O) groups is 1. The Morgan fingerprint density at radius 2 is 1.90 bits per heavy atom. The smallest absolute Gasteiger partial charge is 0.234 e. The lowest BCUT2D eigenvalue weighted by Gasteiger charge is -2.05. The number of rotatable bonds is 6. The van der Waals surface area contributed by atoms with Crippen LogP contribution in [0, 0.1) is 0 Å². The van der Waals surface area contributed by atoms with E-state index in [2.05, 4.69) is 61.3 Å². The van der Waals surface area contributed by atoms with Gasteiger partial charge in [-0.05, 0) is 37.3 Å². The van der Waals surface area contributed by atoms with Crippen molar-refractivity contribution in [1.29, 1.82) is 0 Å². The lowest BCUT2D eigenvalue weighted by molar-refractivity contribution is -0.113. The van der Waals surface area contributed by atoms with Crippen LogP contribution in [-0.2, 0) is 18.4 Å². The third-order valence-electron chi connectivity index (χ3n) is 4.67. The van der Waals surface area contributed by atoms with Gasteiger partial charge in [-0.25, -0.2) is 0 Å². The van der Waals surface area contributed by atoms with Crippen LogP contribution in [0.2, 0.25) is 0 Å². The lowest BCUT2D eigenvalue weighted by Crippen LogP contribution is -2.14. The summed E-state index contributed by atoms with van der Waals surface area (Å²) in [6, 6.07) is 15.8.